The Bertz CT molecular complexity index is 1240. The van der Waals surface area contributed by atoms with Gasteiger partial charge in [-0.3, -0.25) is 14.2 Å². The zero-order chi connectivity index (χ0) is 26.9. The number of thioether (sulfide) groups is 1. The fourth-order valence-corrected chi connectivity index (χ4v) is 5.91. The highest BCUT2D eigenvalue weighted by Gasteiger charge is 2.19. The summed E-state index contributed by atoms with van der Waals surface area (Å²) in [5.74, 6) is 1.95. The van der Waals surface area contributed by atoms with Crippen LogP contribution >= 0.6 is 23.4 Å². The van der Waals surface area contributed by atoms with Crippen LogP contribution in [-0.2, 0) is 21.8 Å². The summed E-state index contributed by atoms with van der Waals surface area (Å²) in [7, 11) is 0. The van der Waals surface area contributed by atoms with E-state index in [1.807, 2.05) is 29.2 Å². The van der Waals surface area contributed by atoms with Gasteiger partial charge in [-0.25, -0.2) is 0 Å². The van der Waals surface area contributed by atoms with Gasteiger partial charge in [-0.2, -0.15) is 0 Å². The van der Waals surface area contributed by atoms with Crippen LogP contribution in [-0.4, -0.2) is 51.1 Å². The second-order valence-corrected chi connectivity index (χ2v) is 11.3. The molecule has 0 saturated carbocycles. The molecular weight excluding hydrogens is 518 g/mol. The molecule has 1 aromatic heterocycles. The van der Waals surface area contributed by atoms with Gasteiger partial charge in [0.25, 0.3) is 0 Å². The monoisotopic (exact) mass is 553 g/mol. The maximum atomic E-state index is 12.3. The Morgan fingerprint density at radius 3 is 2.63 bits per heavy atom. The first-order chi connectivity index (χ1) is 18.4. The Hall–Kier alpha value is -2.84. The highest BCUT2D eigenvalue weighted by atomic mass is 35.5. The highest BCUT2D eigenvalue weighted by molar-refractivity contribution is 7.98. The van der Waals surface area contributed by atoms with E-state index in [0.717, 1.165) is 61.2 Å². The third kappa shape index (κ3) is 8.08. The number of carbonyl (C=O) groups excluding carboxylic acids is 2. The van der Waals surface area contributed by atoms with E-state index in [4.69, 9.17) is 11.6 Å². The largest absolute Gasteiger partial charge is 0.356 e. The number of carbonyl (C=O) groups is 2. The third-order valence-corrected chi connectivity index (χ3v) is 7.80. The lowest BCUT2D eigenvalue weighted by atomic mass is 10.1. The van der Waals surface area contributed by atoms with Crippen LogP contribution in [0.3, 0.4) is 0 Å². The average molecular weight is 554 g/mol. The molecular formula is C29H36ClN5O2S. The van der Waals surface area contributed by atoms with Crippen LogP contribution in [0, 0.1) is 13.8 Å². The number of hydrogen-bond acceptors (Lipinski definition) is 5. The summed E-state index contributed by atoms with van der Waals surface area (Å²) >= 11 is 7.97. The maximum absolute atomic E-state index is 12.3. The van der Waals surface area contributed by atoms with Gasteiger partial charge in [-0.15, -0.1) is 10.2 Å². The van der Waals surface area contributed by atoms with Crippen molar-refractivity contribution in [3.8, 4) is 5.69 Å². The number of halogens is 1. The lowest BCUT2D eigenvalue weighted by Crippen LogP contribution is -2.30. The summed E-state index contributed by atoms with van der Waals surface area (Å²) in [6.45, 7) is 6.41. The summed E-state index contributed by atoms with van der Waals surface area (Å²) in [6.07, 6.45) is 5.19. The van der Waals surface area contributed by atoms with Crippen molar-refractivity contribution in [3.63, 3.8) is 0 Å². The number of benzene rings is 2. The molecule has 2 amide bonds. The fraction of sp³-hybridized carbons (Fsp3) is 0.448. The van der Waals surface area contributed by atoms with Crippen molar-refractivity contribution in [3.05, 3.63) is 70.0 Å². The number of amides is 2. The molecule has 1 fully saturated rings. The summed E-state index contributed by atoms with van der Waals surface area (Å²) in [6, 6.07) is 14.3. The molecule has 0 spiro atoms. The Kier molecular flexibility index (Phi) is 10.2. The topological polar surface area (TPSA) is 80.1 Å². The zero-order valence-electron chi connectivity index (χ0n) is 22.2. The number of hydrogen-bond donors (Lipinski definition) is 1. The van der Waals surface area contributed by atoms with Crippen LogP contribution in [0.1, 0.15) is 61.0 Å². The molecule has 0 unspecified atom stereocenters. The molecule has 0 aliphatic carbocycles. The van der Waals surface area contributed by atoms with Crippen molar-refractivity contribution in [2.24, 2.45) is 0 Å². The van der Waals surface area contributed by atoms with Gasteiger partial charge in [-0.05, 0) is 63.3 Å². The first-order valence-electron chi connectivity index (χ1n) is 13.3. The maximum Gasteiger partial charge on any atom is 0.222 e. The number of unbranched alkanes of at least 4 members (excludes halogenated alkanes) is 1. The smallest absolute Gasteiger partial charge is 0.222 e. The Labute approximate surface area is 234 Å². The number of nitrogens with one attached hydrogen (secondary N) is 1. The molecule has 1 aliphatic rings. The molecule has 0 radical (unpaired) electrons. The summed E-state index contributed by atoms with van der Waals surface area (Å²) in [5.41, 5.74) is 4.70. The lowest BCUT2D eigenvalue weighted by Gasteiger charge is -2.15. The summed E-state index contributed by atoms with van der Waals surface area (Å²) in [4.78, 5) is 25.8. The Morgan fingerprint density at radius 2 is 1.89 bits per heavy atom. The van der Waals surface area contributed by atoms with Crippen molar-refractivity contribution >= 4 is 35.2 Å². The van der Waals surface area contributed by atoms with E-state index in [1.54, 1.807) is 11.8 Å². The molecule has 0 bridgehead atoms. The van der Waals surface area contributed by atoms with Gasteiger partial charge in [0.1, 0.15) is 5.82 Å². The summed E-state index contributed by atoms with van der Waals surface area (Å²) < 4.78 is 2.08. The average Bonchev–Trinajstić information content (AvgIpc) is 3.48. The Morgan fingerprint density at radius 1 is 1.08 bits per heavy atom. The van der Waals surface area contributed by atoms with Gasteiger partial charge < -0.3 is 10.2 Å². The molecule has 1 aliphatic heterocycles. The molecule has 4 rings (SSSR count). The molecule has 1 N–H and O–H groups in total. The number of aromatic nitrogens is 3. The van der Waals surface area contributed by atoms with Crippen LogP contribution in [0.2, 0.25) is 5.02 Å². The van der Waals surface area contributed by atoms with Gasteiger partial charge in [0.15, 0.2) is 5.16 Å². The number of nitrogens with zero attached hydrogens (tertiary/aromatic N) is 4. The zero-order valence-corrected chi connectivity index (χ0v) is 23.8. The SMILES string of the molecule is Cc1cc(C)cc(CSc2nnc(CCCCC(=O)NCCCN3CCCC3=O)n2-c2cccc(Cl)c2)c1. The van der Waals surface area contributed by atoms with Crippen LogP contribution < -0.4 is 5.32 Å². The number of aryl methyl sites for hydroxylation is 3. The van der Waals surface area contributed by atoms with Gasteiger partial charge in [0.05, 0.1) is 5.69 Å². The normalized spacial score (nSPS) is 13.3. The molecule has 9 heteroatoms. The molecule has 0 atom stereocenters. The highest BCUT2D eigenvalue weighted by Crippen LogP contribution is 2.28. The van der Waals surface area contributed by atoms with Crippen LogP contribution in [0.4, 0.5) is 0 Å². The van der Waals surface area contributed by atoms with Crippen molar-refractivity contribution in [2.75, 3.05) is 19.6 Å². The van der Waals surface area contributed by atoms with Crippen LogP contribution in [0.5, 0.6) is 0 Å². The fourth-order valence-electron chi connectivity index (χ4n) is 4.83. The minimum atomic E-state index is 0.0544. The van der Waals surface area contributed by atoms with E-state index < -0.39 is 0 Å². The summed E-state index contributed by atoms with van der Waals surface area (Å²) in [5, 5.41) is 13.5. The number of likely N-dealkylation sites (tertiary alicyclic amines) is 1. The molecule has 38 heavy (non-hydrogen) atoms. The van der Waals surface area contributed by atoms with Gasteiger partial charge in [0, 0.05) is 49.7 Å². The van der Waals surface area contributed by atoms with Gasteiger partial charge in [-0.1, -0.05) is 58.8 Å². The molecule has 202 valence electrons. The van der Waals surface area contributed by atoms with E-state index in [9.17, 15) is 9.59 Å². The molecule has 2 heterocycles. The predicted octanol–water partition coefficient (Wildman–Crippen LogP) is 5.67. The van der Waals surface area contributed by atoms with Crippen LogP contribution in [0.15, 0.2) is 47.6 Å². The first kappa shape index (κ1) is 28.2. The molecule has 2 aromatic carbocycles. The van der Waals surface area contributed by atoms with Crippen molar-refractivity contribution in [1.82, 2.24) is 25.0 Å². The van der Waals surface area contributed by atoms with Crippen LogP contribution in [0.25, 0.3) is 5.69 Å². The third-order valence-electron chi connectivity index (χ3n) is 6.57. The van der Waals surface area contributed by atoms with Gasteiger partial charge >= 0.3 is 0 Å². The second kappa shape index (κ2) is 13.8. The number of rotatable bonds is 13. The van der Waals surface area contributed by atoms with E-state index in [1.165, 1.54) is 16.7 Å². The Balaban J connectivity index is 1.30. The van der Waals surface area contributed by atoms with Gasteiger partial charge in [0.2, 0.25) is 11.8 Å². The van der Waals surface area contributed by atoms with E-state index in [-0.39, 0.29) is 11.8 Å². The second-order valence-electron chi connectivity index (χ2n) is 9.89. The first-order valence-corrected chi connectivity index (χ1v) is 14.7. The minimum absolute atomic E-state index is 0.0544. The van der Waals surface area contributed by atoms with Crippen molar-refractivity contribution in [2.45, 2.75) is 69.7 Å². The predicted molar refractivity (Wildman–Crippen MR) is 153 cm³/mol. The van der Waals surface area contributed by atoms with E-state index in [0.29, 0.717) is 30.8 Å². The standard InChI is InChI=1S/C29H36ClN5O2S/c1-21-16-22(2)18-23(17-21)20-38-29-33-32-26(35(29)25-9-5-8-24(30)19-25)10-3-4-11-27(36)31-13-7-15-34-14-6-12-28(34)37/h5,8-9,16-19H,3-4,6-7,10-15,20H2,1-2H3,(H,31,36). The van der Waals surface area contributed by atoms with Crippen molar-refractivity contribution in [1.29, 1.82) is 0 Å². The lowest BCUT2D eigenvalue weighted by molar-refractivity contribution is -0.127. The molecule has 7 nitrogen and oxygen atoms in total. The van der Waals surface area contributed by atoms with E-state index >= 15 is 0 Å². The minimum Gasteiger partial charge on any atom is -0.356 e. The van der Waals surface area contributed by atoms with Crippen molar-refractivity contribution < 1.29 is 9.59 Å². The molecule has 3 aromatic rings. The quantitative estimate of drug-likeness (QED) is 0.218. The molecule has 1 saturated heterocycles. The van der Waals surface area contributed by atoms with E-state index in [2.05, 4.69) is 52.1 Å².